The maximum Gasteiger partial charge on any atom is 0.210 e. The first-order chi connectivity index (χ1) is 16.8. The molecule has 0 fully saturated rings. The summed E-state index contributed by atoms with van der Waals surface area (Å²) in [4.78, 5) is 11.1. The first kappa shape index (κ1) is 23.5. The van der Waals surface area contributed by atoms with Gasteiger partial charge in [-0.1, -0.05) is 18.2 Å². The lowest BCUT2D eigenvalue weighted by molar-refractivity contribution is -2.00. The lowest BCUT2D eigenvalue weighted by Crippen LogP contribution is -2.76. The zero-order valence-corrected chi connectivity index (χ0v) is 19.6. The minimum absolute atomic E-state index is 0.464. The van der Waals surface area contributed by atoms with Crippen LogP contribution in [0.4, 0.5) is 5.69 Å². The molecule has 1 N–H and O–H groups in total. The van der Waals surface area contributed by atoms with Crippen LogP contribution in [0.15, 0.2) is 40.8 Å². The molecule has 9 nitrogen and oxygen atoms in total. The van der Waals surface area contributed by atoms with Crippen molar-refractivity contribution < 1.29 is 38.3 Å². The molecule has 3 aliphatic heterocycles. The summed E-state index contributed by atoms with van der Waals surface area (Å²) in [6.45, 7) is 2.90. The highest BCUT2D eigenvalue weighted by Crippen LogP contribution is 2.41. The molecule has 0 aromatic heterocycles. The van der Waals surface area contributed by atoms with E-state index in [0.717, 1.165) is 71.0 Å². The van der Waals surface area contributed by atoms with Crippen LogP contribution < -0.4 is 33.9 Å². The maximum atomic E-state index is 8.91. The number of rotatable bonds is 2. The Morgan fingerprint density at radius 2 is 1.77 bits per heavy atom. The minimum Gasteiger partial charge on any atom is -0.452 e. The average molecular weight is 495 g/mol. The molecule has 2 aromatic carbocycles. The number of hydrogen-bond donors (Lipinski definition) is 1. The van der Waals surface area contributed by atoms with E-state index in [4.69, 9.17) is 33.3 Å². The van der Waals surface area contributed by atoms with Gasteiger partial charge in [0.1, 0.15) is 11.2 Å². The number of nitrogens with zero attached hydrogens (tertiary/aromatic N) is 3. The normalized spacial score (nSPS) is 15.6. The Labute approximate surface area is 203 Å². The van der Waals surface area contributed by atoms with E-state index in [-0.39, 0.29) is 0 Å². The molecule has 2 aromatic rings. The third-order valence-corrected chi connectivity index (χ3v) is 6.43. The molecule has 35 heavy (non-hydrogen) atoms. The molecule has 3 heterocycles. The molecular weight excluding hydrogens is 472 g/mol. The summed E-state index contributed by atoms with van der Waals surface area (Å²) < 4.78 is 40.5. The van der Waals surface area contributed by atoms with Gasteiger partial charge in [0.05, 0.1) is 23.9 Å². The molecule has 180 valence electrons. The summed E-state index contributed by atoms with van der Waals surface area (Å²) in [6, 6.07) is 14.8. The highest BCUT2D eigenvalue weighted by Gasteiger charge is 2.28. The van der Waals surface area contributed by atoms with E-state index in [0.29, 0.717) is 13.0 Å². The predicted octanol–water partition coefficient (Wildman–Crippen LogP) is -2.08. The first-order valence-corrected chi connectivity index (χ1v) is 12.7. The van der Waals surface area contributed by atoms with Crippen molar-refractivity contribution in [2.45, 2.75) is 32.1 Å². The van der Waals surface area contributed by atoms with E-state index in [2.05, 4.69) is 34.2 Å². The Bertz CT molecular complexity index is 1480. The van der Waals surface area contributed by atoms with Gasteiger partial charge in [-0.25, -0.2) is 28.6 Å². The lowest BCUT2D eigenvalue weighted by Gasteiger charge is -2.37. The smallest absolute Gasteiger partial charge is 0.210 e. The van der Waals surface area contributed by atoms with Crippen LogP contribution in [0.5, 0.6) is 0 Å². The third kappa shape index (κ3) is 4.80. The van der Waals surface area contributed by atoms with Gasteiger partial charge < -0.3 is 9.32 Å². The van der Waals surface area contributed by atoms with Gasteiger partial charge >= 0.3 is 0 Å². The summed E-state index contributed by atoms with van der Waals surface area (Å²) in [6.07, 6.45) is 5.01. The molecule has 0 atom stereocenters. The molecule has 6 rings (SSSR count). The van der Waals surface area contributed by atoms with Crippen LogP contribution in [-0.2, 0) is 12.8 Å². The van der Waals surface area contributed by atoms with Gasteiger partial charge in [0, 0.05) is 29.7 Å². The van der Waals surface area contributed by atoms with Crippen LogP contribution in [0.25, 0.3) is 33.3 Å². The Morgan fingerprint density at radius 3 is 2.51 bits per heavy atom. The standard InChI is InChI=1S/C25H22N4O.ClHO4/c26-10-5-11-27-20-15-22-23(18-8-2-1-7-17(18)20)28-21-14-16-6-3-12-29-13-4-9-19(24(16)29)25(21)30-22;2-1(3,4)5/h1-2,7-8,14-15H,3-6,9,11-13H2;(H,2,3,4,5). The number of nitrogens with one attached hydrogen (secondary N) is 1. The van der Waals surface area contributed by atoms with Gasteiger partial charge in [0.25, 0.3) is 0 Å². The summed E-state index contributed by atoms with van der Waals surface area (Å²) in [5.41, 5.74) is 6.96. The highest BCUT2D eigenvalue weighted by atomic mass is 35.7. The van der Waals surface area contributed by atoms with E-state index in [1.807, 2.05) is 18.2 Å². The molecule has 1 aliphatic carbocycles. The van der Waals surface area contributed by atoms with Crippen molar-refractivity contribution in [2.75, 3.05) is 24.5 Å². The molecule has 0 radical (unpaired) electrons. The van der Waals surface area contributed by atoms with Crippen LogP contribution >= 0.6 is 0 Å². The van der Waals surface area contributed by atoms with E-state index in [1.54, 1.807) is 0 Å². The Balaban J connectivity index is 0.000000464. The number of fused-ring (bicyclic) bond motifs is 5. The number of aryl methyl sites for hydroxylation is 2. The van der Waals surface area contributed by atoms with Crippen LogP contribution in [0.3, 0.4) is 0 Å². The van der Waals surface area contributed by atoms with E-state index in [9.17, 15) is 0 Å². The molecule has 0 spiro atoms. The van der Waals surface area contributed by atoms with Gasteiger partial charge in [-0.2, -0.15) is 5.26 Å². The van der Waals surface area contributed by atoms with Gasteiger partial charge in [0.2, 0.25) is 5.36 Å². The van der Waals surface area contributed by atoms with E-state index >= 15 is 0 Å². The first-order valence-electron chi connectivity index (χ1n) is 11.4. The molecular formula is C25H23ClN4O5. The quantitative estimate of drug-likeness (QED) is 0.189. The van der Waals surface area contributed by atoms with Crippen molar-refractivity contribution in [1.29, 1.82) is 5.26 Å². The summed E-state index contributed by atoms with van der Waals surface area (Å²) >= 11 is 0. The zero-order valence-electron chi connectivity index (χ0n) is 18.9. The van der Waals surface area contributed by atoms with Crippen LogP contribution in [0.2, 0.25) is 0 Å². The highest BCUT2D eigenvalue weighted by molar-refractivity contribution is 5.97. The van der Waals surface area contributed by atoms with Crippen molar-refractivity contribution >= 4 is 27.6 Å². The number of nitriles is 1. The van der Waals surface area contributed by atoms with Crippen molar-refractivity contribution in [3.63, 3.8) is 0 Å². The van der Waals surface area contributed by atoms with Crippen molar-refractivity contribution in [1.82, 2.24) is 4.98 Å². The topological polar surface area (TPSA) is 159 Å². The number of halogens is 1. The molecule has 10 heteroatoms. The largest absolute Gasteiger partial charge is 0.452 e. The number of anilines is 1. The van der Waals surface area contributed by atoms with Crippen molar-refractivity contribution in [2.24, 2.45) is 0 Å². The van der Waals surface area contributed by atoms with Crippen molar-refractivity contribution in [3.8, 4) is 17.5 Å². The summed E-state index contributed by atoms with van der Waals surface area (Å²) in [5, 5.41) is 12.1. The second-order valence-corrected chi connectivity index (χ2v) is 9.40. The number of hydrogen-bond acceptors (Lipinski definition) is 8. The molecule has 0 saturated carbocycles. The maximum absolute atomic E-state index is 8.91. The second kappa shape index (κ2) is 9.41. The van der Waals surface area contributed by atoms with Crippen LogP contribution in [-0.4, -0.2) is 24.6 Å². The number of aromatic nitrogens is 1. The van der Waals surface area contributed by atoms with Gasteiger partial charge in [-0.05, 0) is 43.4 Å². The average Bonchev–Trinajstić information content (AvgIpc) is 2.83. The minimum atomic E-state index is -4.94. The molecule has 0 unspecified atom stereocenters. The molecule has 0 bridgehead atoms. The second-order valence-electron chi connectivity index (χ2n) is 8.65. The van der Waals surface area contributed by atoms with Crippen molar-refractivity contribution in [3.05, 3.63) is 52.9 Å². The Morgan fingerprint density at radius 1 is 1.06 bits per heavy atom. The summed E-state index contributed by atoms with van der Waals surface area (Å²) in [7, 11) is -4.94. The fraction of sp³-hybridized carbons (Fsp3) is 0.320. The van der Waals surface area contributed by atoms with Gasteiger partial charge in [0.15, 0.2) is 17.9 Å². The van der Waals surface area contributed by atoms with Gasteiger partial charge in [-0.15, -0.1) is 10.2 Å². The SMILES string of the molecule is N#CCC[NH+]=c1cc2oc3c4c5c(cc3nc-2c2ccccc12)CCCN5CCC4.[O-][Cl+3]([O-])([O-])[O-]. The Kier molecular flexibility index (Phi) is 6.32. The summed E-state index contributed by atoms with van der Waals surface area (Å²) in [5.74, 6) is 0.796. The fourth-order valence-corrected chi connectivity index (χ4v) is 5.17. The fourth-order valence-electron chi connectivity index (χ4n) is 5.17. The molecule has 0 amide bonds. The monoisotopic (exact) mass is 494 g/mol. The van der Waals surface area contributed by atoms with E-state index < -0.39 is 10.2 Å². The van der Waals surface area contributed by atoms with Crippen LogP contribution in [0.1, 0.15) is 30.4 Å². The number of benzene rings is 3. The predicted molar refractivity (Wildman–Crippen MR) is 116 cm³/mol. The van der Waals surface area contributed by atoms with E-state index in [1.165, 1.54) is 23.2 Å². The van der Waals surface area contributed by atoms with Crippen LogP contribution in [0, 0.1) is 21.6 Å². The molecule has 0 saturated heterocycles. The van der Waals surface area contributed by atoms with Gasteiger partial charge in [-0.3, -0.25) is 0 Å². The Hall–Kier alpha value is -3.26. The molecule has 4 aliphatic rings. The third-order valence-electron chi connectivity index (χ3n) is 6.43. The lowest BCUT2D eigenvalue weighted by atomic mass is 9.91. The zero-order chi connectivity index (χ0) is 24.6.